The summed E-state index contributed by atoms with van der Waals surface area (Å²) in [4.78, 5) is 12.1. The molecule has 0 fully saturated rings. The Morgan fingerprint density at radius 2 is 2.05 bits per heavy atom. The van der Waals surface area contributed by atoms with E-state index in [1.54, 1.807) is 25.3 Å². The zero-order chi connectivity index (χ0) is 14.5. The monoisotopic (exact) mass is 353 g/mol. The number of halogens is 2. The van der Waals surface area contributed by atoms with Gasteiger partial charge in [-0.15, -0.1) is 0 Å². The maximum Gasteiger partial charge on any atom is 0.228 e. The standard InChI is InChI=1S/C15H13BrClNO2/c1-20-14-7-6-11(17)9-13(14)18-15(19)8-10-4-2-3-5-12(10)16/h2-7,9H,8H2,1H3,(H,18,19). The van der Waals surface area contributed by atoms with Gasteiger partial charge in [-0.2, -0.15) is 0 Å². The Kier molecular flexibility index (Phi) is 5.04. The first-order valence-corrected chi connectivity index (χ1v) is 7.14. The number of ether oxygens (including phenoxy) is 1. The largest absolute Gasteiger partial charge is 0.495 e. The van der Waals surface area contributed by atoms with Crippen LogP contribution in [0, 0.1) is 0 Å². The van der Waals surface area contributed by atoms with Crippen molar-refractivity contribution in [1.29, 1.82) is 0 Å². The third-order valence-corrected chi connectivity index (χ3v) is 3.75. The topological polar surface area (TPSA) is 38.3 Å². The summed E-state index contributed by atoms with van der Waals surface area (Å²) in [5.74, 6) is 0.451. The summed E-state index contributed by atoms with van der Waals surface area (Å²) >= 11 is 9.35. The second-order valence-corrected chi connectivity index (χ2v) is 5.45. The molecule has 0 saturated heterocycles. The van der Waals surface area contributed by atoms with Crippen molar-refractivity contribution in [3.63, 3.8) is 0 Å². The highest BCUT2D eigenvalue weighted by Gasteiger charge is 2.10. The van der Waals surface area contributed by atoms with Crippen molar-refractivity contribution in [2.24, 2.45) is 0 Å². The smallest absolute Gasteiger partial charge is 0.228 e. The molecule has 1 amide bonds. The Bertz CT molecular complexity index is 631. The normalized spacial score (nSPS) is 10.2. The van der Waals surface area contributed by atoms with Gasteiger partial charge in [0, 0.05) is 9.50 Å². The molecule has 0 aliphatic carbocycles. The van der Waals surface area contributed by atoms with Gasteiger partial charge in [0.05, 0.1) is 19.2 Å². The van der Waals surface area contributed by atoms with Crippen molar-refractivity contribution >= 4 is 39.1 Å². The molecule has 0 unspecified atom stereocenters. The van der Waals surface area contributed by atoms with Gasteiger partial charge in [-0.3, -0.25) is 4.79 Å². The number of nitrogens with one attached hydrogen (secondary N) is 1. The van der Waals surface area contributed by atoms with Crippen molar-refractivity contribution in [3.05, 3.63) is 57.5 Å². The van der Waals surface area contributed by atoms with Crippen molar-refractivity contribution < 1.29 is 9.53 Å². The summed E-state index contributed by atoms with van der Waals surface area (Å²) in [5.41, 5.74) is 1.49. The molecule has 1 N–H and O–H groups in total. The molecule has 104 valence electrons. The number of rotatable bonds is 4. The summed E-state index contributed by atoms with van der Waals surface area (Å²) in [6, 6.07) is 12.7. The lowest BCUT2D eigenvalue weighted by Crippen LogP contribution is -2.15. The van der Waals surface area contributed by atoms with E-state index in [0.29, 0.717) is 16.5 Å². The van der Waals surface area contributed by atoms with E-state index in [4.69, 9.17) is 16.3 Å². The van der Waals surface area contributed by atoms with Crippen LogP contribution in [0.4, 0.5) is 5.69 Å². The zero-order valence-electron chi connectivity index (χ0n) is 10.8. The molecule has 0 aromatic heterocycles. The fraction of sp³-hybridized carbons (Fsp3) is 0.133. The van der Waals surface area contributed by atoms with Gasteiger partial charge in [-0.1, -0.05) is 45.7 Å². The maximum absolute atomic E-state index is 12.1. The minimum Gasteiger partial charge on any atom is -0.495 e. The predicted molar refractivity (Wildman–Crippen MR) is 84.5 cm³/mol. The van der Waals surface area contributed by atoms with E-state index in [2.05, 4.69) is 21.2 Å². The number of hydrogen-bond acceptors (Lipinski definition) is 2. The molecule has 2 aromatic rings. The van der Waals surface area contributed by atoms with Crippen LogP contribution in [0.3, 0.4) is 0 Å². The number of methoxy groups -OCH3 is 1. The van der Waals surface area contributed by atoms with Gasteiger partial charge in [-0.05, 0) is 29.8 Å². The molecular formula is C15H13BrClNO2. The number of hydrogen-bond donors (Lipinski definition) is 1. The van der Waals surface area contributed by atoms with Crippen LogP contribution in [0.25, 0.3) is 0 Å². The van der Waals surface area contributed by atoms with E-state index in [9.17, 15) is 4.79 Å². The Hall–Kier alpha value is -1.52. The minimum atomic E-state index is -0.127. The molecule has 3 nitrogen and oxygen atoms in total. The molecule has 0 heterocycles. The molecule has 0 aliphatic rings. The van der Waals surface area contributed by atoms with Crippen LogP contribution < -0.4 is 10.1 Å². The fourth-order valence-electron chi connectivity index (χ4n) is 1.79. The first-order chi connectivity index (χ1) is 9.60. The number of amides is 1. The molecule has 0 spiro atoms. The van der Waals surface area contributed by atoms with Gasteiger partial charge in [0.1, 0.15) is 5.75 Å². The van der Waals surface area contributed by atoms with Crippen LogP contribution in [-0.4, -0.2) is 13.0 Å². The molecule has 0 bridgehead atoms. The van der Waals surface area contributed by atoms with Gasteiger partial charge in [-0.25, -0.2) is 0 Å². The lowest BCUT2D eigenvalue weighted by Gasteiger charge is -2.11. The maximum atomic E-state index is 12.1. The predicted octanol–water partition coefficient (Wildman–Crippen LogP) is 4.29. The van der Waals surface area contributed by atoms with Crippen molar-refractivity contribution in [1.82, 2.24) is 0 Å². The van der Waals surface area contributed by atoms with Gasteiger partial charge in [0.2, 0.25) is 5.91 Å². The molecule has 5 heteroatoms. The Morgan fingerprint density at radius 1 is 1.30 bits per heavy atom. The second-order valence-electron chi connectivity index (χ2n) is 4.16. The van der Waals surface area contributed by atoms with E-state index in [0.717, 1.165) is 10.0 Å². The highest BCUT2D eigenvalue weighted by Crippen LogP contribution is 2.28. The van der Waals surface area contributed by atoms with E-state index < -0.39 is 0 Å². The molecule has 2 aromatic carbocycles. The zero-order valence-corrected chi connectivity index (χ0v) is 13.2. The first kappa shape index (κ1) is 14.9. The average Bonchev–Trinajstić information content (AvgIpc) is 2.41. The fourth-order valence-corrected chi connectivity index (χ4v) is 2.38. The molecule has 0 aliphatic heterocycles. The SMILES string of the molecule is COc1ccc(Cl)cc1NC(=O)Cc1ccccc1Br. The quantitative estimate of drug-likeness (QED) is 0.889. The van der Waals surface area contributed by atoms with E-state index >= 15 is 0 Å². The van der Waals surface area contributed by atoms with Crippen LogP contribution in [0.1, 0.15) is 5.56 Å². The first-order valence-electron chi connectivity index (χ1n) is 5.97. The number of carbonyl (C=O) groups is 1. The lowest BCUT2D eigenvalue weighted by atomic mass is 10.1. The van der Waals surface area contributed by atoms with E-state index in [-0.39, 0.29) is 12.3 Å². The summed E-state index contributed by atoms with van der Waals surface area (Å²) in [6.45, 7) is 0. The molecule has 0 atom stereocenters. The average molecular weight is 355 g/mol. The van der Waals surface area contributed by atoms with Crippen molar-refractivity contribution in [2.75, 3.05) is 12.4 Å². The Morgan fingerprint density at radius 3 is 2.75 bits per heavy atom. The highest BCUT2D eigenvalue weighted by molar-refractivity contribution is 9.10. The highest BCUT2D eigenvalue weighted by atomic mass is 79.9. The summed E-state index contributed by atoms with van der Waals surface area (Å²) in [7, 11) is 1.55. The molecule has 0 saturated carbocycles. The minimum absolute atomic E-state index is 0.127. The van der Waals surface area contributed by atoms with Gasteiger partial charge in [0.15, 0.2) is 0 Å². The third kappa shape index (κ3) is 3.74. The van der Waals surface area contributed by atoms with Crippen molar-refractivity contribution in [2.45, 2.75) is 6.42 Å². The lowest BCUT2D eigenvalue weighted by molar-refractivity contribution is -0.115. The second kappa shape index (κ2) is 6.77. The molecule has 20 heavy (non-hydrogen) atoms. The van der Waals surface area contributed by atoms with Gasteiger partial charge in [0.25, 0.3) is 0 Å². The number of anilines is 1. The third-order valence-electron chi connectivity index (χ3n) is 2.74. The van der Waals surface area contributed by atoms with Crippen LogP contribution in [0.5, 0.6) is 5.75 Å². The van der Waals surface area contributed by atoms with Crippen LogP contribution in [0.15, 0.2) is 46.9 Å². The Balaban J connectivity index is 2.12. The molecule has 0 radical (unpaired) electrons. The Labute approximate surface area is 131 Å². The van der Waals surface area contributed by atoms with E-state index in [1.807, 2.05) is 24.3 Å². The number of benzene rings is 2. The van der Waals surface area contributed by atoms with Gasteiger partial charge >= 0.3 is 0 Å². The van der Waals surface area contributed by atoms with E-state index in [1.165, 1.54) is 0 Å². The van der Waals surface area contributed by atoms with Crippen LogP contribution >= 0.6 is 27.5 Å². The summed E-state index contributed by atoms with van der Waals surface area (Å²) < 4.78 is 6.10. The summed E-state index contributed by atoms with van der Waals surface area (Å²) in [5, 5.41) is 3.35. The van der Waals surface area contributed by atoms with Crippen LogP contribution in [-0.2, 0) is 11.2 Å². The van der Waals surface area contributed by atoms with Gasteiger partial charge < -0.3 is 10.1 Å². The van der Waals surface area contributed by atoms with Crippen LogP contribution in [0.2, 0.25) is 5.02 Å². The number of carbonyl (C=O) groups excluding carboxylic acids is 1. The summed E-state index contributed by atoms with van der Waals surface area (Å²) in [6.07, 6.45) is 0.275. The van der Waals surface area contributed by atoms with Crippen molar-refractivity contribution in [3.8, 4) is 5.75 Å². The molecule has 2 rings (SSSR count). The molecular weight excluding hydrogens is 342 g/mol.